The molecule has 0 radical (unpaired) electrons. The molecule has 0 aliphatic rings. The van der Waals surface area contributed by atoms with Crippen LogP contribution in [0.25, 0.3) is 0 Å². The fourth-order valence-corrected chi connectivity index (χ4v) is 0.366. The zero-order valence-electron chi connectivity index (χ0n) is 3.24. The van der Waals surface area contributed by atoms with E-state index in [4.69, 9.17) is 5.73 Å². The molecule has 0 fully saturated rings. The molecule has 6 heteroatoms. The third-order valence-electron chi connectivity index (χ3n) is 0.455. The van der Waals surface area contributed by atoms with Crippen LogP contribution in [0.4, 0.5) is 5.95 Å². The highest BCUT2D eigenvalue weighted by Gasteiger charge is 1.90. The first-order chi connectivity index (χ1) is 3.30. The number of tetrazole rings is 1. The summed E-state index contributed by atoms with van der Waals surface area (Å²) >= 11 is 1.88. The fraction of sp³-hybridized carbons (Fsp3) is 0. The van der Waals surface area contributed by atoms with Crippen LogP contribution in [0.3, 0.4) is 0 Å². The van der Waals surface area contributed by atoms with Gasteiger partial charge in [-0.25, -0.2) is 0 Å². The van der Waals surface area contributed by atoms with Gasteiger partial charge in [-0.05, 0) is 10.4 Å². The first kappa shape index (κ1) is 4.75. The molecule has 0 aliphatic heterocycles. The Balaban J connectivity index is 3.12. The van der Waals surface area contributed by atoms with Gasteiger partial charge in [0.25, 0.3) is 0 Å². The molecule has 0 amide bonds. The van der Waals surface area contributed by atoms with Crippen LogP contribution in [0.1, 0.15) is 0 Å². The number of aromatic nitrogens is 4. The van der Waals surface area contributed by atoms with Crippen molar-refractivity contribution >= 4 is 28.8 Å². The summed E-state index contributed by atoms with van der Waals surface area (Å²) in [4.78, 5) is 0. The summed E-state index contributed by atoms with van der Waals surface area (Å²) in [5, 5.41) is 10.1. The molecular formula is CH2IN5. The molecule has 5 nitrogen and oxygen atoms in total. The fourth-order valence-electron chi connectivity index (χ4n) is 0.184. The molecule has 0 spiro atoms. The van der Waals surface area contributed by atoms with Crippen LogP contribution in [0.15, 0.2) is 0 Å². The standard InChI is InChI=1S/CH2IN5/c2-7-1(3)4-5-6-7/h(H2,3,4,6). The van der Waals surface area contributed by atoms with Crippen LogP contribution in [-0.2, 0) is 0 Å². The van der Waals surface area contributed by atoms with E-state index in [1.807, 2.05) is 22.9 Å². The smallest absolute Gasteiger partial charge is 0.249 e. The average Bonchev–Trinajstić information content (AvgIpc) is 1.91. The largest absolute Gasteiger partial charge is 0.366 e. The normalized spacial score (nSPS) is 9.29. The molecule has 1 aromatic heterocycles. The lowest BCUT2D eigenvalue weighted by atomic mass is 11.2. The second-order valence-electron chi connectivity index (χ2n) is 0.897. The summed E-state index contributed by atoms with van der Waals surface area (Å²) in [6.07, 6.45) is 0. The third kappa shape index (κ3) is 0.787. The predicted molar refractivity (Wildman–Crippen MR) is 31.6 cm³/mol. The monoisotopic (exact) mass is 211 g/mol. The Bertz CT molecular complexity index is 140. The van der Waals surface area contributed by atoms with Crippen LogP contribution in [0, 0.1) is 0 Å². The molecule has 7 heavy (non-hydrogen) atoms. The van der Waals surface area contributed by atoms with Crippen molar-refractivity contribution in [1.29, 1.82) is 0 Å². The quantitative estimate of drug-likeness (QED) is 0.584. The second kappa shape index (κ2) is 1.60. The van der Waals surface area contributed by atoms with Gasteiger partial charge in [-0.15, -0.1) is 2.90 Å². The number of anilines is 1. The highest BCUT2D eigenvalue weighted by Crippen LogP contribution is 1.94. The van der Waals surface area contributed by atoms with E-state index >= 15 is 0 Å². The van der Waals surface area contributed by atoms with Crippen molar-refractivity contribution in [3.63, 3.8) is 0 Å². The number of halogens is 1. The Morgan fingerprint density at radius 3 is 2.57 bits per heavy atom. The Kier molecular flexibility index (Phi) is 1.09. The van der Waals surface area contributed by atoms with Crippen LogP contribution in [0.5, 0.6) is 0 Å². The highest BCUT2D eigenvalue weighted by atomic mass is 127. The van der Waals surface area contributed by atoms with E-state index in [0.29, 0.717) is 5.95 Å². The van der Waals surface area contributed by atoms with Crippen LogP contribution >= 0.6 is 22.9 Å². The molecule has 2 N–H and O–H groups in total. The molecule has 0 aliphatic carbocycles. The van der Waals surface area contributed by atoms with Crippen LogP contribution in [-0.4, -0.2) is 18.4 Å². The maximum atomic E-state index is 5.16. The van der Waals surface area contributed by atoms with Gasteiger partial charge in [0.15, 0.2) is 0 Å². The molecule has 1 heterocycles. The van der Waals surface area contributed by atoms with Crippen molar-refractivity contribution in [2.75, 3.05) is 5.73 Å². The lowest BCUT2D eigenvalue weighted by Gasteiger charge is -1.78. The number of nitrogen functional groups attached to an aromatic ring is 1. The van der Waals surface area contributed by atoms with Gasteiger partial charge in [0.05, 0.1) is 22.9 Å². The Morgan fingerprint density at radius 2 is 2.43 bits per heavy atom. The van der Waals surface area contributed by atoms with Gasteiger partial charge in [-0.2, -0.15) is 0 Å². The molecule has 0 aromatic carbocycles. The molecule has 0 unspecified atom stereocenters. The summed E-state index contributed by atoms with van der Waals surface area (Å²) in [5.74, 6) is 0.320. The van der Waals surface area contributed by atoms with Gasteiger partial charge in [0.1, 0.15) is 0 Å². The second-order valence-corrected chi connectivity index (χ2v) is 1.81. The maximum Gasteiger partial charge on any atom is 0.249 e. The topological polar surface area (TPSA) is 69.6 Å². The van der Waals surface area contributed by atoms with Crippen molar-refractivity contribution in [2.24, 2.45) is 0 Å². The lowest BCUT2D eigenvalue weighted by Crippen LogP contribution is -1.91. The summed E-state index contributed by atoms with van der Waals surface area (Å²) in [5.41, 5.74) is 5.16. The number of nitrogens with zero attached hydrogens (tertiary/aromatic N) is 4. The van der Waals surface area contributed by atoms with E-state index in [0.717, 1.165) is 0 Å². The molecule has 1 rings (SSSR count). The van der Waals surface area contributed by atoms with E-state index in [2.05, 4.69) is 15.5 Å². The maximum absolute atomic E-state index is 5.16. The van der Waals surface area contributed by atoms with Gasteiger partial charge in [-0.1, -0.05) is 5.10 Å². The number of hydrogen-bond donors (Lipinski definition) is 1. The molecule has 0 saturated carbocycles. The van der Waals surface area contributed by atoms with Crippen LogP contribution in [0.2, 0.25) is 0 Å². The van der Waals surface area contributed by atoms with Crippen molar-refractivity contribution in [3.05, 3.63) is 0 Å². The van der Waals surface area contributed by atoms with E-state index < -0.39 is 0 Å². The lowest BCUT2D eigenvalue weighted by molar-refractivity contribution is 0.870. The number of rotatable bonds is 0. The van der Waals surface area contributed by atoms with Gasteiger partial charge in [-0.3, -0.25) is 0 Å². The first-order valence-corrected chi connectivity index (χ1v) is 2.47. The minimum atomic E-state index is 0.320. The van der Waals surface area contributed by atoms with Crippen molar-refractivity contribution in [1.82, 2.24) is 18.4 Å². The van der Waals surface area contributed by atoms with Crippen LogP contribution < -0.4 is 5.73 Å². The highest BCUT2D eigenvalue weighted by molar-refractivity contribution is 14.1. The molecule has 38 valence electrons. The van der Waals surface area contributed by atoms with Gasteiger partial charge in [0.2, 0.25) is 5.95 Å². The van der Waals surface area contributed by atoms with E-state index in [1.54, 1.807) is 0 Å². The minimum Gasteiger partial charge on any atom is -0.366 e. The Labute approximate surface area is 53.4 Å². The third-order valence-corrected chi connectivity index (χ3v) is 1.14. The molecule has 0 bridgehead atoms. The minimum absolute atomic E-state index is 0.320. The number of hydrogen-bond acceptors (Lipinski definition) is 4. The van der Waals surface area contributed by atoms with E-state index in [-0.39, 0.29) is 0 Å². The summed E-state index contributed by atoms with van der Waals surface area (Å²) in [6.45, 7) is 0. The summed E-state index contributed by atoms with van der Waals surface area (Å²) < 4.78 is 1.36. The SMILES string of the molecule is Nc1nnnn1I. The van der Waals surface area contributed by atoms with Crippen molar-refractivity contribution in [2.45, 2.75) is 0 Å². The first-order valence-electron chi connectivity index (χ1n) is 1.50. The molecule has 0 atom stereocenters. The van der Waals surface area contributed by atoms with Gasteiger partial charge < -0.3 is 5.73 Å². The predicted octanol–water partition coefficient (Wildman–Crippen LogP) is -0.547. The van der Waals surface area contributed by atoms with Crippen molar-refractivity contribution < 1.29 is 0 Å². The average molecular weight is 211 g/mol. The zero-order chi connectivity index (χ0) is 5.28. The molecule has 0 saturated heterocycles. The summed E-state index contributed by atoms with van der Waals surface area (Å²) in [7, 11) is 0. The van der Waals surface area contributed by atoms with Crippen molar-refractivity contribution in [3.8, 4) is 0 Å². The Morgan fingerprint density at radius 1 is 1.71 bits per heavy atom. The van der Waals surface area contributed by atoms with Gasteiger partial charge in [0, 0.05) is 0 Å². The molecule has 1 aromatic rings. The van der Waals surface area contributed by atoms with E-state index in [9.17, 15) is 0 Å². The Hall–Kier alpha value is -0.400. The van der Waals surface area contributed by atoms with Gasteiger partial charge >= 0.3 is 0 Å². The van der Waals surface area contributed by atoms with E-state index in [1.165, 1.54) is 2.90 Å². The molecular weight excluding hydrogens is 209 g/mol. The summed E-state index contributed by atoms with van der Waals surface area (Å²) in [6, 6.07) is 0. The number of nitrogens with two attached hydrogens (primary N) is 1. The zero-order valence-corrected chi connectivity index (χ0v) is 5.40.